The summed E-state index contributed by atoms with van der Waals surface area (Å²) < 4.78 is 0.988. The van der Waals surface area contributed by atoms with Crippen molar-refractivity contribution in [1.29, 1.82) is 0 Å². The van der Waals surface area contributed by atoms with Crippen LogP contribution in [-0.4, -0.2) is 11.1 Å². The Balaban J connectivity index is 1.72. The maximum Gasteiger partial charge on any atom is 0.264 e. The Labute approximate surface area is 160 Å². The van der Waals surface area contributed by atoms with Crippen LogP contribution in [0, 0.1) is 0 Å². The van der Waals surface area contributed by atoms with Crippen LogP contribution in [-0.2, 0) is 11.2 Å². The number of amides is 1. The summed E-state index contributed by atoms with van der Waals surface area (Å²) in [6, 6.07) is 16.1. The monoisotopic (exact) mass is 414 g/mol. The summed E-state index contributed by atoms with van der Waals surface area (Å²) >= 11 is 4.81. The van der Waals surface area contributed by atoms with Gasteiger partial charge in [0.05, 0.1) is 10.6 Å². The lowest BCUT2D eigenvalue weighted by Gasteiger charge is -2.01. The smallest absolute Gasteiger partial charge is 0.264 e. The van der Waals surface area contributed by atoms with E-state index < -0.39 is 0 Å². The number of carbonyl (C=O) groups excluding carboxylic acids is 1. The number of hydrogen-bond donors (Lipinski definition) is 1. The van der Waals surface area contributed by atoms with Crippen LogP contribution in [0.15, 0.2) is 62.9 Å². The number of carbonyl (C=O) groups is 1. The number of nitrogens with zero attached hydrogens (tertiary/aromatic N) is 1. The van der Waals surface area contributed by atoms with Crippen LogP contribution >= 0.6 is 27.7 Å². The predicted molar refractivity (Wildman–Crippen MR) is 110 cm³/mol. The van der Waals surface area contributed by atoms with Crippen molar-refractivity contribution in [1.82, 2.24) is 5.32 Å². The molecule has 0 aromatic heterocycles. The van der Waals surface area contributed by atoms with E-state index in [1.165, 1.54) is 30.2 Å². The minimum atomic E-state index is -0.108. The zero-order valence-corrected chi connectivity index (χ0v) is 16.4. The van der Waals surface area contributed by atoms with Crippen molar-refractivity contribution >= 4 is 50.5 Å². The van der Waals surface area contributed by atoms with Crippen molar-refractivity contribution in [2.75, 3.05) is 0 Å². The Bertz CT molecular complexity index is 828. The quantitative estimate of drug-likeness (QED) is 0.638. The molecule has 1 fully saturated rings. The van der Waals surface area contributed by atoms with Gasteiger partial charge in [0.1, 0.15) is 0 Å². The van der Waals surface area contributed by atoms with E-state index in [1.807, 2.05) is 42.5 Å². The number of aliphatic imine (C=N–C) groups is 1. The third-order valence-corrected chi connectivity index (χ3v) is 5.19. The Hall–Kier alpha value is -1.85. The Morgan fingerprint density at radius 1 is 1.20 bits per heavy atom. The summed E-state index contributed by atoms with van der Waals surface area (Å²) in [5.74, 6) is -0.108. The van der Waals surface area contributed by atoms with Crippen LogP contribution in [0.5, 0.6) is 0 Å². The van der Waals surface area contributed by atoms with Crippen molar-refractivity contribution in [3.8, 4) is 0 Å². The molecule has 1 N–H and O–H groups in total. The standard InChI is InChI=1S/C20H19BrN2OS/c1-2-3-5-14-8-10-17(11-9-14)22-20-23-19(24)18(25-20)13-15-6-4-7-16(21)12-15/h4,6-13H,2-3,5H2,1H3,(H,22,23,24)/b18-13-. The number of rotatable bonds is 5. The van der Waals surface area contributed by atoms with E-state index in [0.717, 1.165) is 22.1 Å². The molecule has 0 radical (unpaired) electrons. The summed E-state index contributed by atoms with van der Waals surface area (Å²) in [5, 5.41) is 3.45. The van der Waals surface area contributed by atoms with Crippen molar-refractivity contribution in [2.24, 2.45) is 4.99 Å². The molecule has 0 bridgehead atoms. The van der Waals surface area contributed by atoms with Gasteiger partial charge in [0.15, 0.2) is 5.17 Å². The highest BCUT2D eigenvalue weighted by molar-refractivity contribution is 9.10. The van der Waals surface area contributed by atoms with Gasteiger partial charge in [-0.2, -0.15) is 0 Å². The van der Waals surface area contributed by atoms with Gasteiger partial charge >= 0.3 is 0 Å². The first-order valence-electron chi connectivity index (χ1n) is 8.28. The highest BCUT2D eigenvalue weighted by atomic mass is 79.9. The van der Waals surface area contributed by atoms with Gasteiger partial charge in [-0.1, -0.05) is 53.5 Å². The molecule has 0 aliphatic carbocycles. The number of hydrogen-bond acceptors (Lipinski definition) is 3. The summed E-state index contributed by atoms with van der Waals surface area (Å²) in [7, 11) is 0. The van der Waals surface area contributed by atoms with Crippen LogP contribution in [0.3, 0.4) is 0 Å². The average molecular weight is 415 g/mol. The number of nitrogens with one attached hydrogen (secondary N) is 1. The molecular formula is C20H19BrN2OS. The molecule has 1 saturated heterocycles. The van der Waals surface area contributed by atoms with Crippen molar-refractivity contribution in [3.05, 3.63) is 69.0 Å². The maximum absolute atomic E-state index is 12.1. The van der Waals surface area contributed by atoms with Crippen molar-refractivity contribution in [3.63, 3.8) is 0 Å². The van der Waals surface area contributed by atoms with E-state index >= 15 is 0 Å². The van der Waals surface area contributed by atoms with Crippen molar-refractivity contribution in [2.45, 2.75) is 26.2 Å². The van der Waals surface area contributed by atoms with Gasteiger partial charge in [-0.25, -0.2) is 4.99 Å². The average Bonchev–Trinajstić information content (AvgIpc) is 2.93. The van der Waals surface area contributed by atoms with E-state index in [-0.39, 0.29) is 5.91 Å². The van der Waals surface area contributed by atoms with Crippen molar-refractivity contribution < 1.29 is 4.79 Å². The lowest BCUT2D eigenvalue weighted by atomic mass is 10.1. The summed E-state index contributed by atoms with van der Waals surface area (Å²) in [6.45, 7) is 2.19. The first kappa shape index (κ1) is 18.0. The Kier molecular flexibility index (Phi) is 6.10. The highest BCUT2D eigenvalue weighted by Crippen LogP contribution is 2.28. The molecule has 1 heterocycles. The zero-order valence-electron chi connectivity index (χ0n) is 14.0. The second-order valence-corrected chi connectivity index (χ2v) is 7.75. The van der Waals surface area contributed by atoms with Crippen LogP contribution in [0.2, 0.25) is 0 Å². The highest BCUT2D eigenvalue weighted by Gasteiger charge is 2.23. The van der Waals surface area contributed by atoms with Crippen LogP contribution in [0.4, 0.5) is 5.69 Å². The van der Waals surface area contributed by atoms with Gasteiger partial charge in [0.2, 0.25) is 0 Å². The molecule has 1 aliphatic rings. The Morgan fingerprint density at radius 2 is 2.00 bits per heavy atom. The van der Waals surface area contributed by atoms with Gasteiger partial charge in [-0.05, 0) is 66.1 Å². The SMILES string of the molecule is CCCCc1ccc(N=C2NC(=O)/C(=C/c3cccc(Br)c3)S2)cc1. The van der Waals surface area contributed by atoms with Crippen LogP contribution in [0.25, 0.3) is 6.08 Å². The second-order valence-electron chi connectivity index (χ2n) is 5.81. The molecule has 25 heavy (non-hydrogen) atoms. The van der Waals surface area contributed by atoms with E-state index in [9.17, 15) is 4.79 Å². The minimum absolute atomic E-state index is 0.108. The van der Waals surface area contributed by atoms with E-state index in [1.54, 1.807) is 0 Å². The number of halogens is 1. The fourth-order valence-electron chi connectivity index (χ4n) is 2.46. The predicted octanol–water partition coefficient (Wildman–Crippen LogP) is 5.68. The molecular weight excluding hydrogens is 396 g/mol. The molecule has 1 aliphatic heterocycles. The topological polar surface area (TPSA) is 41.5 Å². The van der Waals surface area contributed by atoms with Gasteiger partial charge in [0.25, 0.3) is 5.91 Å². The molecule has 1 amide bonds. The summed E-state index contributed by atoms with van der Waals surface area (Å²) in [4.78, 5) is 17.3. The molecule has 5 heteroatoms. The molecule has 0 spiro atoms. The van der Waals surface area contributed by atoms with E-state index in [0.29, 0.717) is 10.1 Å². The molecule has 0 atom stereocenters. The zero-order chi connectivity index (χ0) is 17.6. The van der Waals surface area contributed by atoms with Gasteiger partial charge in [0, 0.05) is 4.47 Å². The Morgan fingerprint density at radius 3 is 2.72 bits per heavy atom. The molecule has 2 aromatic rings. The lowest BCUT2D eigenvalue weighted by molar-refractivity contribution is -0.115. The third-order valence-electron chi connectivity index (χ3n) is 3.78. The maximum atomic E-state index is 12.1. The molecule has 2 aromatic carbocycles. The molecule has 3 rings (SSSR count). The van der Waals surface area contributed by atoms with Gasteiger partial charge in [-0.3, -0.25) is 4.79 Å². The fraction of sp³-hybridized carbons (Fsp3) is 0.200. The number of thioether (sulfide) groups is 1. The molecule has 0 saturated carbocycles. The lowest BCUT2D eigenvalue weighted by Crippen LogP contribution is -2.19. The fourth-order valence-corrected chi connectivity index (χ4v) is 3.72. The first-order valence-corrected chi connectivity index (χ1v) is 9.89. The molecule has 128 valence electrons. The summed E-state index contributed by atoms with van der Waals surface area (Å²) in [6.07, 6.45) is 5.36. The second kappa shape index (κ2) is 8.50. The normalized spacial score (nSPS) is 17.3. The van der Waals surface area contributed by atoms with Gasteiger partial charge < -0.3 is 5.32 Å². The minimum Gasteiger partial charge on any atom is -0.300 e. The first-order chi connectivity index (χ1) is 12.1. The largest absolute Gasteiger partial charge is 0.300 e. The van der Waals surface area contributed by atoms with Crippen LogP contribution < -0.4 is 5.32 Å². The number of amidine groups is 1. The van der Waals surface area contributed by atoms with Gasteiger partial charge in [-0.15, -0.1) is 0 Å². The van der Waals surface area contributed by atoms with E-state index in [2.05, 4.69) is 45.3 Å². The number of benzene rings is 2. The third kappa shape index (κ3) is 5.06. The van der Waals surface area contributed by atoms with Crippen LogP contribution in [0.1, 0.15) is 30.9 Å². The number of aryl methyl sites for hydroxylation is 1. The molecule has 0 unspecified atom stereocenters. The summed E-state index contributed by atoms with van der Waals surface area (Å²) in [5.41, 5.74) is 3.16. The van der Waals surface area contributed by atoms with E-state index in [4.69, 9.17) is 0 Å². The number of unbranched alkanes of at least 4 members (excludes halogenated alkanes) is 1. The molecule has 3 nitrogen and oxygen atoms in total.